The number of hydrogen-bond acceptors (Lipinski definition) is 8. The number of benzene rings is 7. The maximum atomic E-state index is 11.2. The van der Waals surface area contributed by atoms with E-state index < -0.39 is 123 Å². The molecule has 0 amide bonds. The Labute approximate surface area is 499 Å². The molecule has 0 saturated carbocycles. The van der Waals surface area contributed by atoms with Crippen LogP contribution in [-0.4, -0.2) is 42.8 Å². The summed E-state index contributed by atoms with van der Waals surface area (Å²) in [5, 5.41) is 0. The average molecular weight is 1790 g/mol. The standard InChI is InChI=1S/C10H13I.2C9H11IO2.C8H7IO2.C8H9IO.C8H9I.C7H9IO/c1-8-7-11(2)10-6-4-3-5-9(8)10;2*1-9(2)7-5-3-4-6-8(7)10(11)12-9;10-8-5-9(11)7-4-2-1-3-6(7)8;1-6-3-7(2)5-8(4-6)9-10;1-7-3-5-8(9-2)6-4-7;1-8(9)7-5-3-2-4-6-7/h3-6,8H,7H2,1-2H3;2*3-6,11H,1-2H3;1-4,11H,5H2;3-5H,1-2H3;3-6H,2H2,1H3;2-6,9H,1H3. The SMILES string of the molecule is C=Ic1ccc(C)cc1.CC1(C)OI(O)c2ccccc21.CC1(C)OI(O)c2ccccc21.CC1CI(C)c2ccccc21.CI(O)c1ccccc1.Cc1cc(C)cc(I=O)c1.O=C1CI(O)c2ccccc21. The molecule has 1 atom stereocenters. The third-order valence-electron chi connectivity index (χ3n) is 11.3. The van der Waals surface area contributed by atoms with Crippen LogP contribution >= 0.6 is 144 Å². The summed E-state index contributed by atoms with van der Waals surface area (Å²) in [5.74, 6) is 0.967. The molecule has 0 aliphatic carbocycles. The Balaban J connectivity index is 0.000000160. The fraction of sp³-hybridized carbons (Fsp3) is 0.254. The van der Waals surface area contributed by atoms with Gasteiger partial charge in [0.25, 0.3) is 0 Å². The first-order valence-electron chi connectivity index (χ1n) is 23.3. The molecule has 0 aromatic heterocycles. The van der Waals surface area contributed by atoms with Gasteiger partial charge in [0.15, 0.2) is 21.2 Å². The quantitative estimate of drug-likeness (QED) is 0.102. The molecule has 7 aromatic carbocycles. The molecule has 0 bridgehead atoms. The molecule has 0 spiro atoms. The Morgan fingerprint density at radius 1 is 0.608 bits per heavy atom. The number of carbonyl (C=O) groups is 1. The van der Waals surface area contributed by atoms with Crippen LogP contribution in [0.4, 0.5) is 0 Å². The zero-order valence-electron chi connectivity index (χ0n) is 43.4. The molecule has 8 nitrogen and oxygen atoms in total. The summed E-state index contributed by atoms with van der Waals surface area (Å²) >= 11 is -9.78. The molecule has 0 fully saturated rings. The molecular formula is C59H69I7O8. The molecule has 15 heteroatoms. The number of fused-ring (bicyclic) bond motifs is 4. The number of rotatable bonds is 3. The van der Waals surface area contributed by atoms with Gasteiger partial charge in [0.1, 0.15) is 0 Å². The van der Waals surface area contributed by atoms with Crippen LogP contribution in [0.2, 0.25) is 0 Å². The fourth-order valence-corrected chi connectivity index (χ4v) is 26.8. The van der Waals surface area contributed by atoms with Crippen LogP contribution in [0.5, 0.6) is 0 Å². The Morgan fingerprint density at radius 2 is 1.07 bits per heavy atom. The summed E-state index contributed by atoms with van der Waals surface area (Å²) in [6.45, 7) is 16.5. The van der Waals surface area contributed by atoms with Crippen molar-refractivity contribution >= 4 is 154 Å². The van der Waals surface area contributed by atoms with Gasteiger partial charge in [-0.15, -0.1) is 0 Å². The summed E-state index contributed by atoms with van der Waals surface area (Å²) in [5.41, 5.74) is 7.86. The van der Waals surface area contributed by atoms with Crippen LogP contribution in [0, 0.1) is 45.8 Å². The maximum absolute atomic E-state index is 11.2. The van der Waals surface area contributed by atoms with Crippen LogP contribution in [0.25, 0.3) is 0 Å². The fourth-order valence-electron chi connectivity index (χ4n) is 7.71. The van der Waals surface area contributed by atoms with E-state index in [1.807, 2.05) is 156 Å². The molecule has 0 saturated heterocycles. The van der Waals surface area contributed by atoms with Gasteiger partial charge in [0.2, 0.25) is 0 Å². The van der Waals surface area contributed by atoms with E-state index >= 15 is 0 Å². The van der Waals surface area contributed by atoms with Crippen molar-refractivity contribution in [1.82, 2.24) is 0 Å². The minimum absolute atomic E-state index is 0.0466. The van der Waals surface area contributed by atoms with Crippen LogP contribution in [0.3, 0.4) is 0 Å². The molecule has 1 unspecified atom stereocenters. The van der Waals surface area contributed by atoms with Gasteiger partial charge >= 0.3 is 370 Å². The van der Waals surface area contributed by atoms with Crippen molar-refractivity contribution in [2.24, 2.45) is 0 Å². The number of halogens is 7. The van der Waals surface area contributed by atoms with E-state index in [0.29, 0.717) is 4.43 Å². The first kappa shape index (κ1) is 63.6. The van der Waals surface area contributed by atoms with E-state index in [4.69, 9.17) is 6.13 Å². The second-order valence-electron chi connectivity index (χ2n) is 18.2. The third kappa shape index (κ3) is 19.0. The van der Waals surface area contributed by atoms with Crippen LogP contribution in [-0.2, 0) is 20.4 Å². The third-order valence-corrected chi connectivity index (χ3v) is 32.8. The summed E-state index contributed by atoms with van der Waals surface area (Å²) in [7, 11) is 0. The Bertz CT molecular complexity index is 2820. The van der Waals surface area contributed by atoms with Crippen molar-refractivity contribution in [3.8, 4) is 0 Å². The van der Waals surface area contributed by atoms with Crippen LogP contribution in [0.15, 0.2) is 170 Å². The molecule has 74 heavy (non-hydrogen) atoms. The zero-order valence-corrected chi connectivity index (χ0v) is 58.5. The van der Waals surface area contributed by atoms with Gasteiger partial charge < -0.3 is 0 Å². The van der Waals surface area contributed by atoms with Crippen LogP contribution in [0.1, 0.15) is 84.3 Å². The van der Waals surface area contributed by atoms with E-state index in [0.717, 1.165) is 40.5 Å². The normalized spacial score (nSPS) is 17.6. The summed E-state index contributed by atoms with van der Waals surface area (Å²) < 4.78 is 73.7. The van der Waals surface area contributed by atoms with E-state index in [1.165, 1.54) is 24.7 Å². The number of carbonyl (C=O) groups excluding carboxylic acids is 1. The topological polar surface area (TPSA) is 134 Å². The van der Waals surface area contributed by atoms with Crippen molar-refractivity contribution in [2.75, 3.05) is 18.7 Å². The first-order valence-corrected chi connectivity index (χ1v) is 46.2. The second-order valence-corrected chi connectivity index (χ2v) is 40.8. The minimum atomic E-state index is -2.24. The van der Waals surface area contributed by atoms with E-state index in [-0.39, 0.29) is 37.7 Å². The van der Waals surface area contributed by atoms with Crippen molar-refractivity contribution in [3.63, 3.8) is 0 Å². The Kier molecular flexibility index (Phi) is 26.6. The van der Waals surface area contributed by atoms with E-state index in [1.54, 1.807) is 15.2 Å². The van der Waals surface area contributed by atoms with E-state index in [9.17, 15) is 21.6 Å². The van der Waals surface area contributed by atoms with Crippen molar-refractivity contribution in [2.45, 2.75) is 72.5 Å². The molecule has 4 heterocycles. The van der Waals surface area contributed by atoms with Crippen molar-refractivity contribution in [1.29, 1.82) is 0 Å². The number of aryl methyl sites for hydroxylation is 3. The van der Waals surface area contributed by atoms with E-state index in [2.05, 4.69) is 77.9 Å². The van der Waals surface area contributed by atoms with Gasteiger partial charge in [0, 0.05) is 7.14 Å². The van der Waals surface area contributed by atoms with Gasteiger partial charge in [-0.2, -0.15) is 0 Å². The molecule has 4 aliphatic heterocycles. The monoisotopic (exact) mass is 1790 g/mol. The van der Waals surface area contributed by atoms with Gasteiger partial charge in [-0.25, -0.2) is 0 Å². The molecule has 0 radical (unpaired) electrons. The molecule has 4 N–H and O–H groups in total. The predicted molar refractivity (Wildman–Crippen MR) is 368 cm³/mol. The number of alkyl halides is 4. The Hall–Kier alpha value is -1.25. The van der Waals surface area contributed by atoms with Crippen molar-refractivity contribution < 1.29 is 27.7 Å². The zero-order chi connectivity index (χ0) is 54.2. The Morgan fingerprint density at radius 3 is 1.51 bits per heavy atom. The van der Waals surface area contributed by atoms with Gasteiger partial charge in [0.05, 0.1) is 0 Å². The predicted octanol–water partition coefficient (Wildman–Crippen LogP) is 16.7. The molecule has 4 aliphatic rings. The number of hydrogen-bond donors (Lipinski definition) is 4. The number of Topliss-reactive ketones (excluding diaryl/α,β-unsaturated/α-hetero) is 1. The number of ketones is 1. The molecule has 7 aromatic rings. The van der Waals surface area contributed by atoms with Crippen LogP contribution < -0.4 is 0 Å². The first-order chi connectivity index (χ1) is 35.1. The van der Waals surface area contributed by atoms with Crippen molar-refractivity contribution in [3.05, 3.63) is 234 Å². The summed E-state index contributed by atoms with van der Waals surface area (Å²) in [6, 6.07) is 56.7. The summed E-state index contributed by atoms with van der Waals surface area (Å²) in [6.07, 6.45) is 0. The molecule has 402 valence electrons. The van der Waals surface area contributed by atoms with Gasteiger partial charge in [-0.1, -0.05) is 49.0 Å². The van der Waals surface area contributed by atoms with Gasteiger partial charge in [-0.3, -0.25) is 3.07 Å². The molecular weight excluding hydrogens is 1720 g/mol. The summed E-state index contributed by atoms with van der Waals surface area (Å²) in [4.78, 5) is 15.5. The van der Waals surface area contributed by atoms with Gasteiger partial charge in [-0.05, 0) is 56.2 Å². The second kappa shape index (κ2) is 30.9. The average Bonchev–Trinajstić information content (AvgIpc) is 4.02. The molecule has 11 rings (SSSR count).